The first-order valence-corrected chi connectivity index (χ1v) is 30.2. The number of aliphatic carboxylic acids is 1. The van der Waals surface area contributed by atoms with E-state index in [1.54, 1.807) is 72.2 Å². The summed E-state index contributed by atoms with van der Waals surface area (Å²) in [6, 6.07) is 19.8. The summed E-state index contributed by atoms with van der Waals surface area (Å²) in [5, 5.41) is 54.2. The number of cyclic esters (lactones) is 1. The number of para-hydroxylation sites is 1. The third-order valence-electron chi connectivity index (χ3n) is 15.4. The van der Waals surface area contributed by atoms with Gasteiger partial charge in [0.2, 0.25) is 41.4 Å². The Labute approximate surface area is 532 Å². The number of nitrogens with one attached hydrogen (secondary N) is 9. The molecule has 5 atom stereocenters. The van der Waals surface area contributed by atoms with E-state index in [9.17, 15) is 58.2 Å². The van der Waals surface area contributed by atoms with E-state index in [2.05, 4.69) is 47.7 Å². The van der Waals surface area contributed by atoms with Crippen molar-refractivity contribution in [1.82, 2.24) is 52.1 Å². The second kappa shape index (κ2) is 33.2. The summed E-state index contributed by atoms with van der Waals surface area (Å²) >= 11 is 0. The molecule has 5 aromatic rings. The minimum Gasteiger partial charge on any atom is -0.481 e. The number of aromatic nitrogens is 2. The van der Waals surface area contributed by atoms with Gasteiger partial charge in [-0.15, -0.1) is 0 Å². The fraction of sp³-hybridized carbons (Fsp3) is 0.413. The number of guanidine groups is 1. The van der Waals surface area contributed by atoms with Crippen LogP contribution in [-0.4, -0.2) is 175 Å². The lowest BCUT2D eigenvalue weighted by Crippen LogP contribution is -2.58. The van der Waals surface area contributed by atoms with Crippen LogP contribution >= 0.6 is 0 Å². The molecule has 0 saturated carbocycles. The molecule has 1 fully saturated rings. The molecule has 3 aromatic carbocycles. The number of nitrogens with two attached hydrogens (primary N) is 1. The van der Waals surface area contributed by atoms with Gasteiger partial charge >= 0.3 is 11.9 Å². The topological polar surface area (TPSA) is 434 Å². The number of nitrogens with zero attached hydrogens (tertiary/aromatic N) is 3. The number of amides is 7. The summed E-state index contributed by atoms with van der Waals surface area (Å²) in [6.07, 6.45) is 0.659. The Balaban J connectivity index is 0.747. The molecule has 13 N–H and O–H groups in total. The van der Waals surface area contributed by atoms with Gasteiger partial charge in [0.1, 0.15) is 44.6 Å². The molecule has 93 heavy (non-hydrogen) atoms. The van der Waals surface area contributed by atoms with Crippen LogP contribution in [0.25, 0.3) is 22.3 Å². The maximum atomic E-state index is 14.3. The molecule has 30 heteroatoms. The predicted molar refractivity (Wildman–Crippen MR) is 332 cm³/mol. The number of pyridine rings is 2. The Morgan fingerprint density at radius 3 is 2.15 bits per heavy atom. The van der Waals surface area contributed by atoms with Gasteiger partial charge in [-0.3, -0.25) is 48.6 Å². The van der Waals surface area contributed by atoms with Crippen molar-refractivity contribution >= 4 is 76.4 Å². The van der Waals surface area contributed by atoms with Gasteiger partial charge in [-0.2, -0.15) is 0 Å². The van der Waals surface area contributed by atoms with Gasteiger partial charge in [-0.25, -0.2) is 9.78 Å². The monoisotopic (exact) mass is 1290 g/mol. The van der Waals surface area contributed by atoms with E-state index in [0.717, 1.165) is 10.9 Å². The largest absolute Gasteiger partial charge is 0.481 e. The lowest BCUT2D eigenvalue weighted by Gasteiger charge is -2.31. The first-order chi connectivity index (χ1) is 44.8. The Hall–Kier alpha value is -10.2. The van der Waals surface area contributed by atoms with Crippen LogP contribution in [0.3, 0.4) is 0 Å². The minimum absolute atomic E-state index is 0.00907. The van der Waals surface area contributed by atoms with Crippen molar-refractivity contribution in [3.05, 3.63) is 134 Å². The van der Waals surface area contributed by atoms with Crippen molar-refractivity contribution in [2.75, 3.05) is 65.9 Å². The average Bonchev–Trinajstić information content (AvgIpc) is 1.63. The SMILES string of the molecule is CC[C@@]1(O)C(=O)OCc2c1cc1n(c2=O)Cc2c-1nc1ccccc1c2/C=N\OCCNC(=O)COCCOCCOCC(=O)NCc1ccc(CC2NC(=O)C(CCCNC(=N)N)NC(=O)CNC(=O)C(CC(=O)O)NC(=O)CC(Cc3ccccc3)NC2=O)cc1. The fourth-order valence-corrected chi connectivity index (χ4v) is 10.6. The van der Waals surface area contributed by atoms with Crippen LogP contribution in [0, 0.1) is 5.41 Å². The average molecular weight is 1290 g/mol. The number of ether oxygens (including phenoxy) is 4. The second-order valence-corrected chi connectivity index (χ2v) is 22.1. The second-order valence-electron chi connectivity index (χ2n) is 22.1. The van der Waals surface area contributed by atoms with Gasteiger partial charge in [0.05, 0.1) is 81.2 Å². The van der Waals surface area contributed by atoms with Gasteiger partial charge in [0.15, 0.2) is 11.6 Å². The highest BCUT2D eigenvalue weighted by Gasteiger charge is 2.46. The molecule has 4 unspecified atom stereocenters. The van der Waals surface area contributed by atoms with Gasteiger partial charge in [-0.1, -0.05) is 84.9 Å². The van der Waals surface area contributed by atoms with E-state index in [1.807, 2.05) is 24.3 Å². The third kappa shape index (κ3) is 19.2. The molecule has 494 valence electrons. The highest BCUT2D eigenvalue weighted by molar-refractivity contribution is 6.02. The molecule has 5 heterocycles. The molecular weight excluding hydrogens is 1210 g/mol. The molecule has 2 aromatic heterocycles. The van der Waals surface area contributed by atoms with Gasteiger partial charge < -0.3 is 86.8 Å². The standard InChI is InChI=1S/C63H75N13O17/c1-2-63(88)45-28-50-56-43(33-76(50)60(86)44(45)34-92-61(63)87)42(41-11-6-7-12-46(41)74-56)31-70-93-20-19-66-53(79)35-90-23-21-89-22-24-91-36-54(80)68-30-39-16-14-38(15-17-39)26-48-59(85)71-40(25-37-9-4-3-5-10-37)27-51(77)73-49(29-55(81)82)57(83)69-32-52(78)72-47(58(84)75-48)13-8-18-67-62(64)65/h3-7,9-12,14-17,28,31,40,47-49,88H,2,8,13,18-27,29-30,32-36H2,1H3,(H,66,79)(H,68,80)(H,69,83)(H,71,85)(H,72,78)(H,73,77)(H,75,84)(H,81,82)(H4,64,65,67)/b70-31-/t40?,47?,48?,49?,63-/m0/s1. The van der Waals surface area contributed by atoms with E-state index >= 15 is 0 Å². The Bertz CT molecular complexity index is 3660. The molecule has 30 nitrogen and oxygen atoms in total. The predicted octanol–water partition coefficient (Wildman–Crippen LogP) is -1.11. The van der Waals surface area contributed by atoms with Crippen LogP contribution in [0.4, 0.5) is 0 Å². The van der Waals surface area contributed by atoms with E-state index in [-0.39, 0.29) is 134 Å². The first-order valence-electron chi connectivity index (χ1n) is 30.2. The molecule has 7 amide bonds. The molecule has 3 aliphatic rings. The summed E-state index contributed by atoms with van der Waals surface area (Å²) in [6.45, 7) is 1.26. The Kier molecular flexibility index (Phi) is 24.6. The number of benzene rings is 3. The van der Waals surface area contributed by atoms with Gasteiger partial charge in [0.25, 0.3) is 5.56 Å². The van der Waals surface area contributed by atoms with Crippen LogP contribution in [-0.2, 0) is 105 Å². The third-order valence-corrected chi connectivity index (χ3v) is 15.4. The van der Waals surface area contributed by atoms with Crippen LogP contribution in [0.1, 0.15) is 78.0 Å². The van der Waals surface area contributed by atoms with Crippen molar-refractivity contribution < 1.29 is 77.1 Å². The molecule has 3 aliphatic heterocycles. The number of esters is 1. The molecule has 0 bridgehead atoms. The summed E-state index contributed by atoms with van der Waals surface area (Å²) in [5.74, 6) is -7.30. The smallest absolute Gasteiger partial charge is 0.343 e. The summed E-state index contributed by atoms with van der Waals surface area (Å²) < 4.78 is 23.1. The Morgan fingerprint density at radius 1 is 0.763 bits per heavy atom. The molecule has 0 spiro atoms. The highest BCUT2D eigenvalue weighted by atomic mass is 16.6. The number of carbonyl (C=O) groups is 9. The maximum Gasteiger partial charge on any atom is 0.343 e. The summed E-state index contributed by atoms with van der Waals surface area (Å²) in [7, 11) is 0. The number of carboxylic acids is 1. The number of carboxylic acid groups (broad SMARTS) is 1. The van der Waals surface area contributed by atoms with E-state index < -0.39 is 102 Å². The summed E-state index contributed by atoms with van der Waals surface area (Å²) in [4.78, 5) is 142. The van der Waals surface area contributed by atoms with Crippen LogP contribution in [0.15, 0.2) is 94.9 Å². The maximum absolute atomic E-state index is 14.3. The number of hydrogen-bond acceptors (Lipinski definition) is 19. The van der Waals surface area contributed by atoms with Crippen molar-refractivity contribution in [2.24, 2.45) is 10.9 Å². The highest BCUT2D eigenvalue weighted by Crippen LogP contribution is 2.40. The van der Waals surface area contributed by atoms with E-state index in [1.165, 1.54) is 6.21 Å². The number of oxime groups is 1. The van der Waals surface area contributed by atoms with Crippen LogP contribution < -0.4 is 53.8 Å². The molecule has 0 radical (unpaired) electrons. The lowest BCUT2D eigenvalue weighted by atomic mass is 9.86. The van der Waals surface area contributed by atoms with Crippen molar-refractivity contribution in [3.8, 4) is 11.4 Å². The molecular formula is C63H75N13O17. The van der Waals surface area contributed by atoms with Gasteiger partial charge in [-0.05, 0) is 54.5 Å². The number of carbonyl (C=O) groups excluding carboxylic acids is 8. The zero-order chi connectivity index (χ0) is 66.4. The van der Waals surface area contributed by atoms with Crippen molar-refractivity contribution in [1.29, 1.82) is 5.41 Å². The van der Waals surface area contributed by atoms with Crippen LogP contribution in [0.5, 0.6) is 0 Å². The quantitative estimate of drug-likeness (QED) is 0.00911. The molecule has 0 aliphatic carbocycles. The Morgan fingerprint density at radius 2 is 1.43 bits per heavy atom. The van der Waals surface area contributed by atoms with Crippen molar-refractivity contribution in [2.45, 2.75) is 101 Å². The lowest BCUT2D eigenvalue weighted by molar-refractivity contribution is -0.172. The fourth-order valence-electron chi connectivity index (χ4n) is 10.6. The molecule has 1 saturated heterocycles. The van der Waals surface area contributed by atoms with E-state index in [4.69, 9.17) is 39.9 Å². The molecule has 8 rings (SSSR count). The normalized spacial score (nSPS) is 19.2. The van der Waals surface area contributed by atoms with E-state index in [0.29, 0.717) is 39.2 Å². The minimum atomic E-state index is -1.96. The first kappa shape index (κ1) is 68.7. The number of hydrogen-bond donors (Lipinski definition) is 12. The van der Waals surface area contributed by atoms with Crippen molar-refractivity contribution in [3.63, 3.8) is 0 Å². The number of rotatable bonds is 28. The van der Waals surface area contributed by atoms with Gasteiger partial charge in [0, 0.05) is 54.0 Å². The zero-order valence-electron chi connectivity index (χ0n) is 51.0. The zero-order valence-corrected chi connectivity index (χ0v) is 51.0. The number of aliphatic hydroxyl groups is 1. The summed E-state index contributed by atoms with van der Waals surface area (Å²) in [5.41, 5.74) is 8.48. The number of fused-ring (bicyclic) bond motifs is 5. The van der Waals surface area contributed by atoms with Crippen LogP contribution in [0.2, 0.25) is 0 Å².